The molecule has 1 N–H and O–H groups in total. The Bertz CT molecular complexity index is 471. The SMILES string of the molecule is O=C(OO)c1[c]ccc2ccccc12. The van der Waals surface area contributed by atoms with Crippen LogP contribution in [-0.2, 0) is 4.89 Å². The Labute approximate surface area is 80.5 Å². The lowest BCUT2D eigenvalue weighted by Crippen LogP contribution is -2.02. The van der Waals surface area contributed by atoms with Gasteiger partial charge in [0.05, 0.1) is 5.56 Å². The summed E-state index contributed by atoms with van der Waals surface area (Å²) in [5.74, 6) is -0.790. The van der Waals surface area contributed by atoms with Gasteiger partial charge in [0.2, 0.25) is 0 Å². The van der Waals surface area contributed by atoms with Gasteiger partial charge in [-0.25, -0.2) is 4.79 Å². The van der Waals surface area contributed by atoms with E-state index in [0.29, 0.717) is 5.39 Å². The van der Waals surface area contributed by atoms with Crippen LogP contribution in [0.5, 0.6) is 0 Å². The van der Waals surface area contributed by atoms with Crippen LogP contribution in [0.2, 0.25) is 0 Å². The van der Waals surface area contributed by atoms with Gasteiger partial charge in [-0.2, -0.15) is 5.26 Å². The summed E-state index contributed by atoms with van der Waals surface area (Å²) >= 11 is 0. The molecule has 2 rings (SSSR count). The summed E-state index contributed by atoms with van der Waals surface area (Å²) in [6, 6.07) is 13.5. The summed E-state index contributed by atoms with van der Waals surface area (Å²) in [5, 5.41) is 9.90. The van der Waals surface area contributed by atoms with Gasteiger partial charge in [-0.15, -0.1) is 0 Å². The molecule has 0 heterocycles. The first-order chi connectivity index (χ1) is 6.83. The predicted molar refractivity (Wildman–Crippen MR) is 50.8 cm³/mol. The molecule has 14 heavy (non-hydrogen) atoms. The highest BCUT2D eigenvalue weighted by molar-refractivity contribution is 6.03. The lowest BCUT2D eigenvalue weighted by Gasteiger charge is -2.01. The zero-order valence-electron chi connectivity index (χ0n) is 7.23. The van der Waals surface area contributed by atoms with E-state index in [0.717, 1.165) is 5.39 Å². The van der Waals surface area contributed by atoms with Crippen molar-refractivity contribution in [1.29, 1.82) is 0 Å². The van der Waals surface area contributed by atoms with Gasteiger partial charge >= 0.3 is 5.97 Å². The number of hydrogen-bond donors (Lipinski definition) is 1. The van der Waals surface area contributed by atoms with Crippen LogP contribution in [0.1, 0.15) is 10.4 Å². The highest BCUT2D eigenvalue weighted by atomic mass is 17.1. The smallest absolute Gasteiger partial charge is 0.295 e. The second-order valence-corrected chi connectivity index (χ2v) is 2.82. The van der Waals surface area contributed by atoms with Crippen molar-refractivity contribution in [2.45, 2.75) is 0 Å². The second kappa shape index (κ2) is 3.47. The van der Waals surface area contributed by atoms with E-state index in [4.69, 9.17) is 5.26 Å². The van der Waals surface area contributed by atoms with Crippen LogP contribution in [0, 0.1) is 6.07 Å². The molecule has 0 aromatic heterocycles. The standard InChI is InChI=1S/C11H7O3/c12-11(14-13)10-7-3-5-8-4-1-2-6-9(8)10/h1-6,13H. The van der Waals surface area contributed by atoms with Gasteiger partial charge in [0.1, 0.15) is 0 Å². The van der Waals surface area contributed by atoms with Gasteiger partial charge < -0.3 is 0 Å². The van der Waals surface area contributed by atoms with E-state index >= 15 is 0 Å². The Morgan fingerprint density at radius 1 is 1.29 bits per heavy atom. The summed E-state index contributed by atoms with van der Waals surface area (Å²) in [6.07, 6.45) is 0. The minimum atomic E-state index is -0.790. The average molecular weight is 187 g/mol. The lowest BCUT2D eigenvalue weighted by atomic mass is 10.1. The molecule has 0 saturated carbocycles. The number of benzene rings is 2. The molecule has 0 unspecified atom stereocenters. The van der Waals surface area contributed by atoms with Crippen LogP contribution in [0.25, 0.3) is 10.8 Å². The summed E-state index contributed by atoms with van der Waals surface area (Å²) in [5.41, 5.74) is 0.241. The number of hydrogen-bond acceptors (Lipinski definition) is 3. The molecule has 0 amide bonds. The minimum absolute atomic E-state index is 0.241. The van der Waals surface area contributed by atoms with E-state index in [2.05, 4.69) is 11.0 Å². The molecule has 0 atom stereocenters. The first-order valence-corrected chi connectivity index (χ1v) is 4.08. The third-order valence-corrected chi connectivity index (χ3v) is 2.01. The van der Waals surface area contributed by atoms with E-state index in [-0.39, 0.29) is 5.56 Å². The maximum Gasteiger partial charge on any atom is 0.374 e. The molecule has 1 radical (unpaired) electrons. The molecular weight excluding hydrogens is 180 g/mol. The molecule has 2 aromatic rings. The predicted octanol–water partition coefficient (Wildman–Crippen LogP) is 2.27. The van der Waals surface area contributed by atoms with Crippen LogP contribution >= 0.6 is 0 Å². The van der Waals surface area contributed by atoms with E-state index in [1.165, 1.54) is 0 Å². The van der Waals surface area contributed by atoms with Crippen molar-refractivity contribution >= 4 is 16.7 Å². The monoisotopic (exact) mass is 187 g/mol. The second-order valence-electron chi connectivity index (χ2n) is 2.82. The van der Waals surface area contributed by atoms with Gasteiger partial charge in [0.15, 0.2) is 0 Å². The molecule has 3 nitrogen and oxygen atoms in total. The molecular formula is C11H7O3. The van der Waals surface area contributed by atoms with Crippen LogP contribution in [0.15, 0.2) is 36.4 Å². The van der Waals surface area contributed by atoms with Gasteiger partial charge in [-0.1, -0.05) is 36.4 Å². The summed E-state index contributed by atoms with van der Waals surface area (Å²) in [4.78, 5) is 14.8. The van der Waals surface area contributed by atoms with E-state index in [1.54, 1.807) is 12.1 Å². The van der Waals surface area contributed by atoms with Crippen molar-refractivity contribution in [3.63, 3.8) is 0 Å². The van der Waals surface area contributed by atoms with Crippen LogP contribution in [-0.4, -0.2) is 11.2 Å². The quantitative estimate of drug-likeness (QED) is 0.550. The van der Waals surface area contributed by atoms with Crippen molar-refractivity contribution < 1.29 is 14.9 Å². The van der Waals surface area contributed by atoms with Crippen molar-refractivity contribution in [3.05, 3.63) is 48.0 Å². The molecule has 0 aliphatic rings. The van der Waals surface area contributed by atoms with Gasteiger partial charge in [-0.3, -0.25) is 4.89 Å². The highest BCUT2D eigenvalue weighted by Crippen LogP contribution is 2.18. The Hall–Kier alpha value is -1.87. The molecule has 0 fully saturated rings. The molecule has 0 aliphatic carbocycles. The topological polar surface area (TPSA) is 46.5 Å². The third-order valence-electron chi connectivity index (χ3n) is 2.01. The molecule has 0 saturated heterocycles. The fourth-order valence-electron chi connectivity index (χ4n) is 1.38. The zero-order chi connectivity index (χ0) is 9.97. The maximum absolute atomic E-state index is 11.1. The molecule has 69 valence electrons. The van der Waals surface area contributed by atoms with Gasteiger partial charge in [0.25, 0.3) is 0 Å². The van der Waals surface area contributed by atoms with E-state index in [1.807, 2.05) is 24.3 Å². The minimum Gasteiger partial charge on any atom is -0.295 e. The maximum atomic E-state index is 11.1. The Kier molecular flexibility index (Phi) is 2.16. The third kappa shape index (κ3) is 1.34. The Morgan fingerprint density at radius 3 is 2.86 bits per heavy atom. The van der Waals surface area contributed by atoms with Crippen LogP contribution in [0.3, 0.4) is 0 Å². The fraction of sp³-hybridized carbons (Fsp3) is 0. The average Bonchev–Trinajstić information content (AvgIpc) is 2.27. The fourth-order valence-corrected chi connectivity index (χ4v) is 1.38. The number of fused-ring (bicyclic) bond motifs is 1. The molecule has 0 bridgehead atoms. The molecule has 2 aromatic carbocycles. The summed E-state index contributed by atoms with van der Waals surface area (Å²) in [6.45, 7) is 0. The summed E-state index contributed by atoms with van der Waals surface area (Å²) < 4.78 is 0. The lowest BCUT2D eigenvalue weighted by molar-refractivity contribution is -0.182. The van der Waals surface area contributed by atoms with Crippen LogP contribution < -0.4 is 0 Å². The van der Waals surface area contributed by atoms with Crippen molar-refractivity contribution in [1.82, 2.24) is 0 Å². The van der Waals surface area contributed by atoms with Crippen LogP contribution in [0.4, 0.5) is 0 Å². The first kappa shape index (κ1) is 8.72. The van der Waals surface area contributed by atoms with Gasteiger partial charge in [-0.05, 0) is 16.8 Å². The Morgan fingerprint density at radius 2 is 2.07 bits per heavy atom. The number of carbonyl (C=O) groups is 1. The van der Waals surface area contributed by atoms with Crippen molar-refractivity contribution in [2.24, 2.45) is 0 Å². The Balaban J connectivity index is 2.71. The van der Waals surface area contributed by atoms with Gasteiger partial charge in [0, 0.05) is 0 Å². The number of rotatable bonds is 1. The summed E-state index contributed by atoms with van der Waals surface area (Å²) in [7, 11) is 0. The zero-order valence-corrected chi connectivity index (χ0v) is 7.23. The van der Waals surface area contributed by atoms with E-state index < -0.39 is 5.97 Å². The normalized spacial score (nSPS) is 10.1. The number of carbonyl (C=O) groups excluding carboxylic acids is 1. The largest absolute Gasteiger partial charge is 0.374 e. The molecule has 0 aliphatic heterocycles. The van der Waals surface area contributed by atoms with Crippen molar-refractivity contribution in [2.75, 3.05) is 0 Å². The molecule has 3 heteroatoms. The van der Waals surface area contributed by atoms with Crippen molar-refractivity contribution in [3.8, 4) is 0 Å². The van der Waals surface area contributed by atoms with E-state index in [9.17, 15) is 4.79 Å². The molecule has 0 spiro atoms. The highest BCUT2D eigenvalue weighted by Gasteiger charge is 2.10. The first-order valence-electron chi connectivity index (χ1n) is 4.08.